The number of amidine groups is 1. The Kier molecular flexibility index (Phi) is 4.59. The average Bonchev–Trinajstić information content (AvgIpc) is 2.26. The van der Waals surface area contributed by atoms with Crippen molar-refractivity contribution in [1.82, 2.24) is 4.90 Å². The van der Waals surface area contributed by atoms with Crippen molar-refractivity contribution in [2.24, 2.45) is 5.73 Å². The number of hydrogen-bond donors (Lipinski definition) is 2. The second kappa shape index (κ2) is 5.59. The van der Waals surface area contributed by atoms with Gasteiger partial charge in [-0.3, -0.25) is 5.41 Å². The SMILES string of the molecule is CN(C)C(C)(C)COc1ccc(C(=N)N)cc1Cl. The van der Waals surface area contributed by atoms with Gasteiger partial charge in [0.25, 0.3) is 0 Å². The molecule has 0 aliphatic carbocycles. The van der Waals surface area contributed by atoms with Crippen LogP contribution in [0.3, 0.4) is 0 Å². The van der Waals surface area contributed by atoms with Gasteiger partial charge < -0.3 is 15.4 Å². The molecular formula is C13H20ClN3O. The molecule has 0 spiro atoms. The second-order valence-electron chi connectivity index (χ2n) is 5.05. The first-order chi connectivity index (χ1) is 8.24. The van der Waals surface area contributed by atoms with Crippen molar-refractivity contribution in [3.8, 4) is 5.75 Å². The topological polar surface area (TPSA) is 62.3 Å². The van der Waals surface area contributed by atoms with E-state index in [0.29, 0.717) is 22.9 Å². The molecule has 1 aromatic rings. The zero-order valence-electron chi connectivity index (χ0n) is 11.2. The van der Waals surface area contributed by atoms with Crippen molar-refractivity contribution in [3.05, 3.63) is 28.8 Å². The third kappa shape index (κ3) is 3.62. The van der Waals surface area contributed by atoms with Crippen molar-refractivity contribution < 1.29 is 4.74 Å². The molecule has 1 aromatic carbocycles. The van der Waals surface area contributed by atoms with Crippen LogP contribution in [0.1, 0.15) is 19.4 Å². The maximum atomic E-state index is 7.33. The molecule has 0 radical (unpaired) electrons. The lowest BCUT2D eigenvalue weighted by Crippen LogP contribution is -2.43. The van der Waals surface area contributed by atoms with Crippen LogP contribution >= 0.6 is 11.6 Å². The lowest BCUT2D eigenvalue weighted by molar-refractivity contribution is 0.114. The van der Waals surface area contributed by atoms with Gasteiger partial charge in [-0.25, -0.2) is 0 Å². The first kappa shape index (κ1) is 14.8. The number of nitrogens with two attached hydrogens (primary N) is 1. The number of nitrogen functional groups attached to an aromatic ring is 1. The third-order valence-corrected chi connectivity index (χ3v) is 3.33. The minimum Gasteiger partial charge on any atom is -0.490 e. The Hall–Kier alpha value is -1.26. The van der Waals surface area contributed by atoms with Crippen LogP contribution < -0.4 is 10.5 Å². The Morgan fingerprint density at radius 1 is 1.44 bits per heavy atom. The van der Waals surface area contributed by atoms with E-state index in [4.69, 9.17) is 27.5 Å². The molecule has 4 nitrogen and oxygen atoms in total. The van der Waals surface area contributed by atoms with E-state index < -0.39 is 0 Å². The molecule has 0 heterocycles. The van der Waals surface area contributed by atoms with Gasteiger partial charge in [0, 0.05) is 11.1 Å². The molecule has 0 amide bonds. The highest BCUT2D eigenvalue weighted by molar-refractivity contribution is 6.32. The molecule has 18 heavy (non-hydrogen) atoms. The molecule has 0 aliphatic heterocycles. The van der Waals surface area contributed by atoms with E-state index >= 15 is 0 Å². The van der Waals surface area contributed by atoms with Crippen molar-refractivity contribution >= 4 is 17.4 Å². The number of hydrogen-bond acceptors (Lipinski definition) is 3. The number of halogens is 1. The molecule has 0 unspecified atom stereocenters. The number of ether oxygens (including phenoxy) is 1. The third-order valence-electron chi connectivity index (χ3n) is 3.03. The molecule has 0 atom stereocenters. The van der Waals surface area contributed by atoms with Crippen molar-refractivity contribution in [2.45, 2.75) is 19.4 Å². The number of rotatable bonds is 5. The maximum absolute atomic E-state index is 7.33. The van der Waals surface area contributed by atoms with E-state index in [1.54, 1.807) is 18.2 Å². The van der Waals surface area contributed by atoms with E-state index in [-0.39, 0.29) is 11.4 Å². The lowest BCUT2D eigenvalue weighted by atomic mass is 10.1. The summed E-state index contributed by atoms with van der Waals surface area (Å²) in [4.78, 5) is 2.09. The smallest absolute Gasteiger partial charge is 0.138 e. The summed E-state index contributed by atoms with van der Waals surface area (Å²) in [6.07, 6.45) is 0. The van der Waals surface area contributed by atoms with Crippen LogP contribution in [0.5, 0.6) is 5.75 Å². The van der Waals surface area contributed by atoms with Crippen molar-refractivity contribution in [1.29, 1.82) is 5.41 Å². The van der Waals surface area contributed by atoms with E-state index in [1.165, 1.54) is 0 Å². The fourth-order valence-electron chi connectivity index (χ4n) is 1.17. The van der Waals surface area contributed by atoms with E-state index in [0.717, 1.165) is 0 Å². The van der Waals surface area contributed by atoms with Gasteiger partial charge in [-0.2, -0.15) is 0 Å². The highest BCUT2D eigenvalue weighted by atomic mass is 35.5. The second-order valence-corrected chi connectivity index (χ2v) is 5.46. The monoisotopic (exact) mass is 269 g/mol. The van der Waals surface area contributed by atoms with Gasteiger partial charge in [0.15, 0.2) is 0 Å². The summed E-state index contributed by atoms with van der Waals surface area (Å²) >= 11 is 6.09. The Bertz CT molecular complexity index is 444. The van der Waals surface area contributed by atoms with Gasteiger partial charge in [0.05, 0.1) is 5.02 Å². The van der Waals surface area contributed by atoms with Crippen LogP contribution in [0.25, 0.3) is 0 Å². The van der Waals surface area contributed by atoms with Gasteiger partial charge >= 0.3 is 0 Å². The number of nitrogens with zero attached hydrogens (tertiary/aromatic N) is 1. The van der Waals surface area contributed by atoms with Crippen LogP contribution in [-0.4, -0.2) is 37.0 Å². The predicted octanol–water partition coefficient (Wildman–Crippen LogP) is 2.34. The van der Waals surface area contributed by atoms with Crippen LogP contribution in [0.4, 0.5) is 0 Å². The Morgan fingerprint density at radius 2 is 2.06 bits per heavy atom. The maximum Gasteiger partial charge on any atom is 0.138 e. The molecule has 0 saturated heterocycles. The summed E-state index contributed by atoms with van der Waals surface area (Å²) in [5.74, 6) is 0.605. The van der Waals surface area contributed by atoms with E-state index in [9.17, 15) is 0 Å². The fourth-order valence-corrected chi connectivity index (χ4v) is 1.40. The van der Waals surface area contributed by atoms with Gasteiger partial charge in [0.1, 0.15) is 18.2 Å². The summed E-state index contributed by atoms with van der Waals surface area (Å²) in [5.41, 5.74) is 5.91. The Labute approximate surface area is 113 Å². The quantitative estimate of drug-likeness (QED) is 0.637. The standard InChI is InChI=1S/C13H20ClN3O/c1-13(2,17(3)4)8-18-11-6-5-9(12(15)16)7-10(11)14/h5-7H,8H2,1-4H3,(H3,15,16). The summed E-state index contributed by atoms with van der Waals surface area (Å²) in [6.45, 7) is 4.70. The average molecular weight is 270 g/mol. The first-order valence-corrected chi connectivity index (χ1v) is 6.06. The molecule has 0 bridgehead atoms. The molecule has 5 heteroatoms. The van der Waals surface area contributed by atoms with Crippen molar-refractivity contribution in [3.63, 3.8) is 0 Å². The van der Waals surface area contributed by atoms with E-state index in [1.807, 2.05) is 14.1 Å². The largest absolute Gasteiger partial charge is 0.490 e. The summed E-state index contributed by atoms with van der Waals surface area (Å²) < 4.78 is 5.71. The Morgan fingerprint density at radius 3 is 2.50 bits per heavy atom. The number of benzene rings is 1. The van der Waals surface area contributed by atoms with Crippen LogP contribution in [-0.2, 0) is 0 Å². The predicted molar refractivity (Wildman–Crippen MR) is 75.7 cm³/mol. The summed E-state index contributed by atoms with van der Waals surface area (Å²) in [7, 11) is 4.01. The van der Waals surface area contributed by atoms with Crippen LogP contribution in [0.2, 0.25) is 5.02 Å². The van der Waals surface area contributed by atoms with Gasteiger partial charge in [-0.1, -0.05) is 11.6 Å². The molecular weight excluding hydrogens is 250 g/mol. The first-order valence-electron chi connectivity index (χ1n) is 5.68. The molecule has 0 aliphatic rings. The normalized spacial score (nSPS) is 11.7. The van der Waals surface area contributed by atoms with E-state index in [2.05, 4.69) is 18.7 Å². The fraction of sp³-hybridized carbons (Fsp3) is 0.462. The molecule has 0 aromatic heterocycles. The summed E-state index contributed by atoms with van der Waals surface area (Å²) in [5, 5.41) is 7.80. The zero-order valence-corrected chi connectivity index (χ0v) is 12.0. The molecule has 3 N–H and O–H groups in total. The van der Waals surface area contributed by atoms with Gasteiger partial charge in [-0.05, 0) is 46.1 Å². The van der Waals surface area contributed by atoms with Gasteiger partial charge in [-0.15, -0.1) is 0 Å². The lowest BCUT2D eigenvalue weighted by Gasteiger charge is -2.32. The molecule has 1 rings (SSSR count). The van der Waals surface area contributed by atoms with Crippen LogP contribution in [0, 0.1) is 5.41 Å². The highest BCUT2D eigenvalue weighted by Gasteiger charge is 2.21. The van der Waals surface area contributed by atoms with Gasteiger partial charge in [0.2, 0.25) is 0 Å². The molecule has 0 saturated carbocycles. The minimum atomic E-state index is -0.0808. The van der Waals surface area contributed by atoms with Crippen molar-refractivity contribution in [2.75, 3.05) is 20.7 Å². The molecule has 0 fully saturated rings. The zero-order chi connectivity index (χ0) is 13.9. The Balaban J connectivity index is 2.78. The molecule has 100 valence electrons. The minimum absolute atomic E-state index is 0.00271. The summed E-state index contributed by atoms with van der Waals surface area (Å²) in [6, 6.07) is 5.11. The number of nitrogens with one attached hydrogen (secondary N) is 1. The van der Waals surface area contributed by atoms with Crippen LogP contribution in [0.15, 0.2) is 18.2 Å². The highest BCUT2D eigenvalue weighted by Crippen LogP contribution is 2.26. The number of likely N-dealkylation sites (N-methyl/N-ethyl adjacent to an activating group) is 1.